The van der Waals surface area contributed by atoms with Crippen LogP contribution in [0.2, 0.25) is 0 Å². The van der Waals surface area contributed by atoms with Crippen LogP contribution in [0.1, 0.15) is 5.56 Å². The second kappa shape index (κ2) is 3.88. The maximum atomic E-state index is 12.9. The van der Waals surface area contributed by atoms with Gasteiger partial charge in [0.2, 0.25) is 0 Å². The van der Waals surface area contributed by atoms with Crippen LogP contribution in [-0.2, 0) is 0 Å². The number of rotatable bonds is 1. The van der Waals surface area contributed by atoms with E-state index in [4.69, 9.17) is 4.42 Å². The van der Waals surface area contributed by atoms with E-state index in [1.807, 2.05) is 0 Å². The summed E-state index contributed by atoms with van der Waals surface area (Å²) in [5, 5.41) is 10.2. The zero-order valence-electron chi connectivity index (χ0n) is 9.48. The summed E-state index contributed by atoms with van der Waals surface area (Å²) in [4.78, 5) is 0. The number of hydrogen-bond donors (Lipinski definition) is 1. The molecule has 1 N–H and O–H groups in total. The van der Waals surface area contributed by atoms with E-state index in [0.29, 0.717) is 16.9 Å². The molecule has 1 aromatic heterocycles. The lowest BCUT2D eigenvalue weighted by atomic mass is 10.1. The first-order valence-electron chi connectivity index (χ1n) is 5.48. The monoisotopic (exact) mass is 241 g/mol. The molecule has 3 rings (SSSR count). The number of furan rings is 1. The van der Waals surface area contributed by atoms with E-state index < -0.39 is 0 Å². The van der Waals surface area contributed by atoms with Gasteiger partial charge in [-0.15, -0.1) is 0 Å². The van der Waals surface area contributed by atoms with Crippen molar-refractivity contribution in [1.82, 2.24) is 0 Å². The van der Waals surface area contributed by atoms with Crippen molar-refractivity contribution in [2.24, 2.45) is 0 Å². The van der Waals surface area contributed by atoms with Crippen molar-refractivity contribution in [1.29, 1.82) is 0 Å². The molecule has 3 heteroatoms. The maximum Gasteiger partial charge on any atom is 0.138 e. The van der Waals surface area contributed by atoms with Crippen LogP contribution >= 0.6 is 0 Å². The fraction of sp³-hybridized carbons (Fsp3) is 0. The maximum absolute atomic E-state index is 12.9. The molecule has 1 radical (unpaired) electrons. The van der Waals surface area contributed by atoms with Gasteiger partial charge in [-0.05, 0) is 49.4 Å². The summed E-state index contributed by atoms with van der Waals surface area (Å²) in [6, 6.07) is 10.9. The Morgan fingerprint density at radius 2 is 1.78 bits per heavy atom. The number of hydrogen-bond acceptors (Lipinski definition) is 2. The Hall–Kier alpha value is -2.29. The molecule has 18 heavy (non-hydrogen) atoms. The van der Waals surface area contributed by atoms with E-state index in [-0.39, 0.29) is 11.6 Å². The lowest BCUT2D eigenvalue weighted by molar-refractivity contribution is 0.476. The zero-order chi connectivity index (χ0) is 12.7. The summed E-state index contributed by atoms with van der Waals surface area (Å²) < 4.78 is 18.6. The van der Waals surface area contributed by atoms with Crippen molar-refractivity contribution in [3.63, 3.8) is 0 Å². The molecule has 2 nitrogen and oxygen atoms in total. The van der Waals surface area contributed by atoms with Crippen LogP contribution in [0.25, 0.3) is 22.3 Å². The highest BCUT2D eigenvalue weighted by molar-refractivity contribution is 5.89. The fourth-order valence-electron chi connectivity index (χ4n) is 1.97. The van der Waals surface area contributed by atoms with E-state index in [1.165, 1.54) is 12.1 Å². The molecule has 0 fully saturated rings. The predicted octanol–water partition coefficient (Wildman–Crippen LogP) is 4.13. The molecular formula is C15H10FO2. The molecule has 0 saturated carbocycles. The molecular weight excluding hydrogens is 231 g/mol. The highest BCUT2D eigenvalue weighted by atomic mass is 19.1. The Balaban J connectivity index is 2.23. The summed E-state index contributed by atoms with van der Waals surface area (Å²) >= 11 is 0. The highest BCUT2D eigenvalue weighted by Crippen LogP contribution is 2.34. The van der Waals surface area contributed by atoms with Gasteiger partial charge in [0.1, 0.15) is 22.9 Å². The lowest BCUT2D eigenvalue weighted by Gasteiger charge is -1.98. The molecule has 0 atom stereocenters. The third kappa shape index (κ3) is 1.64. The van der Waals surface area contributed by atoms with Gasteiger partial charge in [-0.3, -0.25) is 0 Å². The molecule has 0 aliphatic carbocycles. The van der Waals surface area contributed by atoms with Crippen molar-refractivity contribution in [3.8, 4) is 17.1 Å². The number of aromatic hydroxyl groups is 1. The van der Waals surface area contributed by atoms with E-state index in [2.05, 4.69) is 6.92 Å². The lowest BCUT2D eigenvalue weighted by Crippen LogP contribution is -1.78. The van der Waals surface area contributed by atoms with Crippen molar-refractivity contribution in [2.45, 2.75) is 0 Å². The number of benzene rings is 2. The van der Waals surface area contributed by atoms with Gasteiger partial charge < -0.3 is 9.52 Å². The number of fused-ring (bicyclic) bond motifs is 1. The SMILES string of the molecule is [CH2]c1c(-c2ccc(F)cc2)oc2ccc(O)cc12. The summed E-state index contributed by atoms with van der Waals surface area (Å²) in [6.45, 7) is 3.95. The Bertz CT molecular complexity index is 711. The standard InChI is InChI=1S/C15H10FO2/c1-9-13-8-12(17)6-7-14(13)18-15(9)10-2-4-11(16)5-3-10/h2-8,17H,1H2. The fourth-order valence-corrected chi connectivity index (χ4v) is 1.97. The van der Waals surface area contributed by atoms with E-state index in [0.717, 1.165) is 10.9 Å². The molecule has 2 aromatic carbocycles. The molecule has 0 aliphatic rings. The summed E-state index contributed by atoms with van der Waals surface area (Å²) in [7, 11) is 0. The van der Waals surface area contributed by atoms with Gasteiger partial charge >= 0.3 is 0 Å². The van der Waals surface area contributed by atoms with Crippen LogP contribution in [-0.4, -0.2) is 5.11 Å². The van der Waals surface area contributed by atoms with E-state index >= 15 is 0 Å². The average molecular weight is 241 g/mol. The largest absolute Gasteiger partial charge is 0.508 e. The Morgan fingerprint density at radius 1 is 1.06 bits per heavy atom. The van der Waals surface area contributed by atoms with Crippen LogP contribution in [0.4, 0.5) is 4.39 Å². The van der Waals surface area contributed by atoms with Crippen molar-refractivity contribution < 1.29 is 13.9 Å². The Labute approximate surface area is 103 Å². The number of halogens is 1. The molecule has 89 valence electrons. The second-order valence-electron chi connectivity index (χ2n) is 4.10. The molecule has 3 aromatic rings. The van der Waals surface area contributed by atoms with Crippen LogP contribution in [0.5, 0.6) is 5.75 Å². The average Bonchev–Trinajstić information content (AvgIpc) is 2.68. The topological polar surface area (TPSA) is 33.4 Å². The molecule has 0 saturated heterocycles. The first-order chi connectivity index (χ1) is 8.65. The Kier molecular flexibility index (Phi) is 2.33. The van der Waals surface area contributed by atoms with E-state index in [1.54, 1.807) is 30.3 Å². The van der Waals surface area contributed by atoms with Crippen LogP contribution in [0.15, 0.2) is 46.9 Å². The summed E-state index contributed by atoms with van der Waals surface area (Å²) in [5.74, 6) is 0.465. The summed E-state index contributed by atoms with van der Waals surface area (Å²) in [6.07, 6.45) is 0. The first kappa shape index (κ1) is 10.8. The third-order valence-electron chi connectivity index (χ3n) is 2.88. The van der Waals surface area contributed by atoms with Crippen LogP contribution in [0, 0.1) is 12.7 Å². The van der Waals surface area contributed by atoms with Crippen molar-refractivity contribution in [3.05, 3.63) is 60.8 Å². The molecule has 0 aliphatic heterocycles. The van der Waals surface area contributed by atoms with E-state index in [9.17, 15) is 9.50 Å². The van der Waals surface area contributed by atoms with Crippen LogP contribution < -0.4 is 0 Å². The van der Waals surface area contributed by atoms with Gasteiger partial charge in [0.05, 0.1) is 0 Å². The first-order valence-corrected chi connectivity index (χ1v) is 5.48. The molecule has 0 spiro atoms. The van der Waals surface area contributed by atoms with Gasteiger partial charge in [0.25, 0.3) is 0 Å². The second-order valence-corrected chi connectivity index (χ2v) is 4.10. The minimum absolute atomic E-state index is 0.166. The zero-order valence-corrected chi connectivity index (χ0v) is 9.48. The minimum Gasteiger partial charge on any atom is -0.508 e. The van der Waals surface area contributed by atoms with Crippen LogP contribution in [0.3, 0.4) is 0 Å². The Morgan fingerprint density at radius 3 is 2.50 bits per heavy atom. The van der Waals surface area contributed by atoms with Gasteiger partial charge in [0, 0.05) is 16.5 Å². The minimum atomic E-state index is -0.293. The van der Waals surface area contributed by atoms with Gasteiger partial charge in [-0.2, -0.15) is 0 Å². The van der Waals surface area contributed by atoms with Crippen molar-refractivity contribution in [2.75, 3.05) is 0 Å². The predicted molar refractivity (Wildman–Crippen MR) is 67.7 cm³/mol. The highest BCUT2D eigenvalue weighted by Gasteiger charge is 2.12. The number of phenols is 1. The van der Waals surface area contributed by atoms with Crippen molar-refractivity contribution >= 4 is 11.0 Å². The quantitative estimate of drug-likeness (QED) is 0.695. The third-order valence-corrected chi connectivity index (χ3v) is 2.88. The smallest absolute Gasteiger partial charge is 0.138 e. The molecule has 0 unspecified atom stereocenters. The molecule has 1 heterocycles. The molecule has 0 bridgehead atoms. The summed E-state index contributed by atoms with van der Waals surface area (Å²) in [5.41, 5.74) is 2.10. The normalized spacial score (nSPS) is 11.0. The van der Waals surface area contributed by atoms with Gasteiger partial charge in [-0.1, -0.05) is 0 Å². The molecule has 0 amide bonds. The van der Waals surface area contributed by atoms with Gasteiger partial charge in [0.15, 0.2) is 0 Å². The number of phenolic OH excluding ortho intramolecular Hbond substituents is 1. The van der Waals surface area contributed by atoms with Gasteiger partial charge in [-0.25, -0.2) is 4.39 Å².